The van der Waals surface area contributed by atoms with Gasteiger partial charge in [-0.3, -0.25) is 19.4 Å². The summed E-state index contributed by atoms with van der Waals surface area (Å²) in [5.41, 5.74) is 4.36. The Bertz CT molecular complexity index is 1480. The van der Waals surface area contributed by atoms with Crippen molar-refractivity contribution in [1.29, 1.82) is 0 Å². The van der Waals surface area contributed by atoms with Crippen LogP contribution < -0.4 is 16.0 Å². The molecule has 4 N–H and O–H groups in total. The van der Waals surface area contributed by atoms with Crippen LogP contribution in [0.15, 0.2) is 54.7 Å². The van der Waals surface area contributed by atoms with Gasteiger partial charge < -0.3 is 21.1 Å². The number of nitrogens with zero attached hydrogens (tertiary/aromatic N) is 1. The molecule has 43 heavy (non-hydrogen) atoms. The van der Waals surface area contributed by atoms with Crippen molar-refractivity contribution >= 4 is 23.4 Å². The van der Waals surface area contributed by atoms with Crippen molar-refractivity contribution in [1.82, 2.24) is 15.6 Å². The lowest BCUT2D eigenvalue weighted by atomic mass is 9.84. The lowest BCUT2D eigenvalue weighted by Crippen LogP contribution is -2.36. The van der Waals surface area contributed by atoms with E-state index in [-0.39, 0.29) is 35.2 Å². The fraction of sp³-hybridized carbons (Fsp3) is 0.429. The molecule has 2 aromatic carbocycles. The summed E-state index contributed by atoms with van der Waals surface area (Å²) in [6.07, 6.45) is 1.60. The molecule has 0 unspecified atom stereocenters. The fourth-order valence-electron chi connectivity index (χ4n) is 4.15. The summed E-state index contributed by atoms with van der Waals surface area (Å²) in [4.78, 5) is 43.6. The summed E-state index contributed by atoms with van der Waals surface area (Å²) < 4.78 is 0. The number of anilines is 1. The highest BCUT2D eigenvalue weighted by Crippen LogP contribution is 2.28. The zero-order valence-corrected chi connectivity index (χ0v) is 26.9. The average Bonchev–Trinajstić information content (AvgIpc) is 2.94. The Morgan fingerprint density at radius 2 is 1.30 bits per heavy atom. The van der Waals surface area contributed by atoms with Crippen LogP contribution in [0.4, 0.5) is 5.69 Å². The number of hydrogen-bond acceptors (Lipinski definition) is 5. The van der Waals surface area contributed by atoms with E-state index < -0.39 is 5.41 Å². The molecule has 8 nitrogen and oxygen atoms in total. The van der Waals surface area contributed by atoms with Crippen molar-refractivity contribution in [3.05, 3.63) is 82.7 Å². The third-order valence-corrected chi connectivity index (χ3v) is 7.06. The molecule has 0 atom stereocenters. The highest BCUT2D eigenvalue weighted by molar-refractivity contribution is 6.06. The number of hydrogen-bond donors (Lipinski definition) is 4. The number of benzene rings is 2. The monoisotopic (exact) mass is 586 g/mol. The molecule has 0 spiro atoms. The van der Waals surface area contributed by atoms with E-state index >= 15 is 0 Å². The van der Waals surface area contributed by atoms with Crippen molar-refractivity contribution in [2.24, 2.45) is 10.8 Å². The highest BCUT2D eigenvalue weighted by Gasteiger charge is 2.22. The second-order valence-electron chi connectivity index (χ2n) is 14.2. The molecule has 3 aromatic rings. The van der Waals surface area contributed by atoms with Gasteiger partial charge in [0.1, 0.15) is 0 Å². The molecule has 0 radical (unpaired) electrons. The summed E-state index contributed by atoms with van der Waals surface area (Å²) in [6, 6.07) is 14.3. The Hall–Kier alpha value is -4.04. The van der Waals surface area contributed by atoms with Crippen molar-refractivity contribution < 1.29 is 19.5 Å². The fourth-order valence-corrected chi connectivity index (χ4v) is 4.15. The van der Waals surface area contributed by atoms with Crippen molar-refractivity contribution in [2.45, 2.75) is 67.7 Å². The molecule has 3 amide bonds. The second kappa shape index (κ2) is 13.1. The van der Waals surface area contributed by atoms with Gasteiger partial charge in [0.25, 0.3) is 17.7 Å². The Morgan fingerprint density at radius 3 is 1.86 bits per heavy atom. The normalized spacial score (nSPS) is 12.0. The molecule has 3 rings (SSSR count). The van der Waals surface area contributed by atoms with E-state index in [0.717, 1.165) is 22.4 Å². The number of aromatic nitrogens is 1. The Kier molecular flexibility index (Phi) is 10.2. The number of aliphatic hydroxyl groups excluding tert-OH is 1. The lowest BCUT2D eigenvalue weighted by Gasteiger charge is -2.23. The Balaban J connectivity index is 1.84. The van der Waals surface area contributed by atoms with Gasteiger partial charge in [0.15, 0.2) is 0 Å². The molecule has 1 heterocycles. The van der Waals surface area contributed by atoms with Crippen LogP contribution in [0.2, 0.25) is 0 Å². The third kappa shape index (κ3) is 9.48. The SMILES string of the molecule is Cc1ncc(NC(=O)c2cc(C(=O)NCC(C)(C)CO)cc(C(C)(C)C)c2)cc1-c1ccc(C(=O)NCC(C)(C)C)cc1. The van der Waals surface area contributed by atoms with Gasteiger partial charge in [0.05, 0.1) is 11.9 Å². The number of carbonyl (C=O) groups is 3. The molecule has 0 aliphatic heterocycles. The third-order valence-electron chi connectivity index (χ3n) is 7.06. The van der Waals surface area contributed by atoms with Crippen LogP contribution in [-0.4, -0.2) is 47.5 Å². The van der Waals surface area contributed by atoms with Gasteiger partial charge in [0, 0.05) is 53.1 Å². The molecule has 0 saturated heterocycles. The summed E-state index contributed by atoms with van der Waals surface area (Å²) >= 11 is 0. The van der Waals surface area contributed by atoms with Gasteiger partial charge in [-0.15, -0.1) is 0 Å². The van der Waals surface area contributed by atoms with Crippen LogP contribution in [0, 0.1) is 17.8 Å². The second-order valence-corrected chi connectivity index (χ2v) is 14.2. The Labute approximate surface area is 255 Å². The molecular formula is C35H46N4O4. The molecule has 0 aliphatic rings. The van der Waals surface area contributed by atoms with Crippen LogP contribution in [-0.2, 0) is 5.41 Å². The molecule has 0 bridgehead atoms. The number of amides is 3. The number of carbonyl (C=O) groups excluding carboxylic acids is 3. The Morgan fingerprint density at radius 1 is 0.744 bits per heavy atom. The summed E-state index contributed by atoms with van der Waals surface area (Å²) in [5, 5.41) is 18.3. The molecule has 0 fully saturated rings. The molecule has 0 saturated carbocycles. The van der Waals surface area contributed by atoms with Gasteiger partial charge in [-0.05, 0) is 65.3 Å². The first-order chi connectivity index (χ1) is 19.9. The maximum atomic E-state index is 13.5. The molecule has 8 heteroatoms. The average molecular weight is 587 g/mol. The van der Waals surface area contributed by atoms with Gasteiger partial charge in [-0.2, -0.15) is 0 Å². The zero-order valence-electron chi connectivity index (χ0n) is 26.9. The minimum absolute atomic E-state index is 0.0111. The van der Waals surface area contributed by atoms with E-state index in [9.17, 15) is 19.5 Å². The van der Waals surface area contributed by atoms with Gasteiger partial charge >= 0.3 is 0 Å². The van der Waals surface area contributed by atoms with E-state index in [2.05, 4.69) is 41.7 Å². The summed E-state index contributed by atoms with van der Waals surface area (Å²) in [5.74, 6) is -0.796. The first kappa shape index (κ1) is 33.5. The first-order valence-corrected chi connectivity index (χ1v) is 14.6. The predicted octanol–water partition coefficient (Wildman–Crippen LogP) is 6.13. The van der Waals surface area contributed by atoms with E-state index in [4.69, 9.17) is 0 Å². The number of rotatable bonds is 9. The van der Waals surface area contributed by atoms with E-state index in [1.54, 1.807) is 36.5 Å². The zero-order chi connectivity index (χ0) is 32.2. The summed E-state index contributed by atoms with van der Waals surface area (Å²) in [7, 11) is 0. The minimum Gasteiger partial charge on any atom is -0.396 e. The maximum absolute atomic E-state index is 13.5. The van der Waals surface area contributed by atoms with Crippen LogP contribution in [0.5, 0.6) is 0 Å². The van der Waals surface area contributed by atoms with Crippen LogP contribution in [0.25, 0.3) is 11.1 Å². The first-order valence-electron chi connectivity index (χ1n) is 14.6. The van der Waals surface area contributed by atoms with Crippen LogP contribution in [0.1, 0.15) is 97.7 Å². The van der Waals surface area contributed by atoms with Crippen LogP contribution >= 0.6 is 0 Å². The molecule has 0 aliphatic carbocycles. The number of aryl methyl sites for hydroxylation is 1. The van der Waals surface area contributed by atoms with E-state index in [1.807, 2.05) is 59.7 Å². The predicted molar refractivity (Wildman–Crippen MR) is 172 cm³/mol. The highest BCUT2D eigenvalue weighted by atomic mass is 16.3. The van der Waals surface area contributed by atoms with Gasteiger partial charge in [-0.25, -0.2) is 0 Å². The smallest absolute Gasteiger partial charge is 0.255 e. The van der Waals surface area contributed by atoms with Gasteiger partial charge in [-0.1, -0.05) is 67.5 Å². The van der Waals surface area contributed by atoms with Crippen molar-refractivity contribution in [2.75, 3.05) is 25.0 Å². The maximum Gasteiger partial charge on any atom is 0.255 e. The van der Waals surface area contributed by atoms with Crippen molar-refractivity contribution in [3.63, 3.8) is 0 Å². The van der Waals surface area contributed by atoms with Crippen molar-refractivity contribution in [3.8, 4) is 11.1 Å². The molecule has 230 valence electrons. The topological polar surface area (TPSA) is 120 Å². The minimum atomic E-state index is -0.466. The standard InChI is InChI=1S/C35H46N4O4/c1-22-29(23-10-12-24(13-11-23)30(41)37-19-33(2,3)4)17-28(18-36-22)39-32(43)26-14-25(15-27(16-26)34(5,6)7)31(42)38-20-35(8,9)21-40/h10-18,40H,19-21H2,1-9H3,(H,37,41)(H,38,42)(H,39,43). The van der Waals surface area contributed by atoms with Gasteiger partial charge in [0.2, 0.25) is 0 Å². The quantitative estimate of drug-likeness (QED) is 0.240. The van der Waals surface area contributed by atoms with Crippen LogP contribution in [0.3, 0.4) is 0 Å². The number of nitrogens with one attached hydrogen (secondary N) is 3. The van der Waals surface area contributed by atoms with E-state index in [1.165, 1.54) is 0 Å². The number of pyridine rings is 1. The van der Waals surface area contributed by atoms with E-state index in [0.29, 0.717) is 35.5 Å². The largest absolute Gasteiger partial charge is 0.396 e. The number of aliphatic hydroxyl groups is 1. The summed E-state index contributed by atoms with van der Waals surface area (Å²) in [6.45, 7) is 18.7. The molecular weight excluding hydrogens is 540 g/mol. The molecule has 1 aromatic heterocycles. The lowest BCUT2D eigenvalue weighted by molar-refractivity contribution is 0.0909.